The third kappa shape index (κ3) is 4.26. The van der Waals surface area contributed by atoms with Crippen molar-refractivity contribution in [3.05, 3.63) is 53.3 Å². The molecule has 1 aromatic heterocycles. The number of pyridine rings is 1. The summed E-state index contributed by atoms with van der Waals surface area (Å²) in [5.74, 6) is 0.245. The number of rotatable bonds is 4. The molecule has 0 fully saturated rings. The minimum atomic E-state index is -0.0968. The zero-order valence-electron chi connectivity index (χ0n) is 10.4. The first-order valence-electron chi connectivity index (χ1n) is 5.75. The van der Waals surface area contributed by atoms with E-state index in [-0.39, 0.29) is 5.91 Å². The average molecular weight is 293 g/mol. The third-order valence-corrected chi connectivity index (χ3v) is 3.74. The number of thioether (sulfide) groups is 1. The quantitative estimate of drug-likeness (QED) is 0.689. The van der Waals surface area contributed by atoms with Crippen molar-refractivity contribution in [2.75, 3.05) is 11.1 Å². The molecule has 2 aromatic rings. The Labute approximate surface area is 121 Å². The lowest BCUT2D eigenvalue weighted by atomic mass is 10.2. The molecule has 3 nitrogen and oxygen atoms in total. The van der Waals surface area contributed by atoms with Crippen LogP contribution in [0.5, 0.6) is 0 Å². The number of hydrogen-bond acceptors (Lipinski definition) is 3. The van der Waals surface area contributed by atoms with Crippen LogP contribution in [0.2, 0.25) is 5.15 Å². The van der Waals surface area contributed by atoms with Gasteiger partial charge < -0.3 is 5.32 Å². The second-order valence-corrected chi connectivity index (χ2v) is 5.40. The summed E-state index contributed by atoms with van der Waals surface area (Å²) >= 11 is 7.36. The van der Waals surface area contributed by atoms with Gasteiger partial charge >= 0.3 is 0 Å². The summed E-state index contributed by atoms with van der Waals surface area (Å²) in [5.41, 5.74) is 1.75. The van der Waals surface area contributed by atoms with Crippen molar-refractivity contribution >= 4 is 35.0 Å². The van der Waals surface area contributed by atoms with Gasteiger partial charge in [0.1, 0.15) is 0 Å². The largest absolute Gasteiger partial charge is 0.323 e. The van der Waals surface area contributed by atoms with E-state index in [0.29, 0.717) is 16.6 Å². The van der Waals surface area contributed by atoms with Crippen LogP contribution in [0.4, 0.5) is 5.69 Å². The Morgan fingerprint density at radius 1 is 1.32 bits per heavy atom. The maximum Gasteiger partial charge on any atom is 0.234 e. The summed E-state index contributed by atoms with van der Waals surface area (Å²) in [5, 5.41) is 3.04. The van der Waals surface area contributed by atoms with Crippen molar-refractivity contribution in [2.45, 2.75) is 11.8 Å². The van der Waals surface area contributed by atoms with E-state index in [1.165, 1.54) is 17.3 Å². The van der Waals surface area contributed by atoms with Gasteiger partial charge in [0, 0.05) is 11.1 Å². The Kier molecular flexibility index (Phi) is 4.82. The molecule has 0 unspecified atom stereocenters. The molecule has 1 amide bonds. The van der Waals surface area contributed by atoms with E-state index in [4.69, 9.17) is 11.6 Å². The molecule has 0 aliphatic rings. The molecule has 1 heterocycles. The minimum Gasteiger partial charge on any atom is -0.323 e. The van der Waals surface area contributed by atoms with Gasteiger partial charge in [0.25, 0.3) is 0 Å². The highest BCUT2D eigenvalue weighted by atomic mass is 35.5. The van der Waals surface area contributed by atoms with Crippen molar-refractivity contribution in [1.82, 2.24) is 4.98 Å². The van der Waals surface area contributed by atoms with Gasteiger partial charge in [-0.05, 0) is 31.2 Å². The molecule has 0 radical (unpaired) electrons. The molecular weight excluding hydrogens is 280 g/mol. The maximum absolute atomic E-state index is 11.8. The Hall–Kier alpha value is -1.52. The molecule has 0 saturated carbocycles. The molecule has 0 atom stereocenters. The van der Waals surface area contributed by atoms with Crippen molar-refractivity contribution in [3.63, 3.8) is 0 Å². The van der Waals surface area contributed by atoms with Gasteiger partial charge in [-0.15, -0.1) is 11.8 Å². The minimum absolute atomic E-state index is 0.0968. The highest BCUT2D eigenvalue weighted by Gasteiger charge is 2.06. The number of halogens is 1. The number of amides is 1. The lowest BCUT2D eigenvalue weighted by molar-refractivity contribution is -0.113. The van der Waals surface area contributed by atoms with E-state index in [1.807, 2.05) is 31.2 Å². The van der Waals surface area contributed by atoms with E-state index < -0.39 is 0 Å². The van der Waals surface area contributed by atoms with Crippen LogP contribution in [-0.2, 0) is 4.79 Å². The third-order valence-electron chi connectivity index (χ3n) is 2.42. The lowest BCUT2D eigenvalue weighted by Gasteiger charge is -2.06. The van der Waals surface area contributed by atoms with Crippen LogP contribution in [0.1, 0.15) is 5.56 Å². The zero-order chi connectivity index (χ0) is 13.7. The highest BCUT2D eigenvalue weighted by molar-refractivity contribution is 8.00. The molecule has 5 heteroatoms. The smallest absolute Gasteiger partial charge is 0.234 e. The van der Waals surface area contributed by atoms with Crippen LogP contribution < -0.4 is 5.32 Å². The molecule has 0 saturated heterocycles. The Balaban J connectivity index is 1.88. The van der Waals surface area contributed by atoms with Gasteiger partial charge in [-0.25, -0.2) is 4.98 Å². The van der Waals surface area contributed by atoms with E-state index in [1.54, 1.807) is 18.3 Å². The van der Waals surface area contributed by atoms with Gasteiger partial charge in [0.2, 0.25) is 5.91 Å². The van der Waals surface area contributed by atoms with Crippen molar-refractivity contribution in [2.24, 2.45) is 0 Å². The number of aromatic nitrogens is 1. The van der Waals surface area contributed by atoms with Gasteiger partial charge in [0.05, 0.1) is 11.4 Å². The van der Waals surface area contributed by atoms with Crippen LogP contribution in [0.3, 0.4) is 0 Å². The molecule has 0 spiro atoms. The van der Waals surface area contributed by atoms with Crippen LogP contribution in [0.25, 0.3) is 0 Å². The molecule has 0 aliphatic carbocycles. The Morgan fingerprint density at radius 2 is 2.05 bits per heavy atom. The number of nitrogens with zero attached hydrogens (tertiary/aromatic N) is 1. The summed E-state index contributed by atoms with van der Waals surface area (Å²) in [7, 11) is 0. The van der Waals surface area contributed by atoms with E-state index in [9.17, 15) is 4.79 Å². The first kappa shape index (κ1) is 13.9. The Bertz CT molecular complexity index is 572. The fraction of sp³-hybridized carbons (Fsp3) is 0.143. The molecule has 1 N–H and O–H groups in total. The van der Waals surface area contributed by atoms with E-state index in [2.05, 4.69) is 10.3 Å². The van der Waals surface area contributed by atoms with Crippen LogP contribution in [-0.4, -0.2) is 16.6 Å². The monoisotopic (exact) mass is 292 g/mol. The van der Waals surface area contributed by atoms with E-state index in [0.717, 1.165) is 4.90 Å². The second-order valence-electron chi connectivity index (χ2n) is 3.99. The van der Waals surface area contributed by atoms with Gasteiger partial charge in [-0.2, -0.15) is 0 Å². The van der Waals surface area contributed by atoms with E-state index >= 15 is 0 Å². The fourth-order valence-corrected chi connectivity index (χ4v) is 2.31. The summed E-state index contributed by atoms with van der Waals surface area (Å²) < 4.78 is 0. The SMILES string of the molecule is Cc1ccc(SCC(=O)Nc2cccnc2Cl)cc1. The average Bonchev–Trinajstić information content (AvgIpc) is 2.41. The van der Waals surface area contributed by atoms with Crippen molar-refractivity contribution < 1.29 is 4.79 Å². The molecule has 0 bridgehead atoms. The topological polar surface area (TPSA) is 42.0 Å². The summed E-state index contributed by atoms with van der Waals surface area (Å²) in [4.78, 5) is 16.8. The molecule has 1 aromatic carbocycles. The summed E-state index contributed by atoms with van der Waals surface area (Å²) in [6, 6.07) is 11.5. The summed E-state index contributed by atoms with van der Waals surface area (Å²) in [6.45, 7) is 2.03. The predicted molar refractivity (Wildman–Crippen MR) is 79.8 cm³/mol. The number of benzene rings is 1. The first-order chi connectivity index (χ1) is 9.15. The normalized spacial score (nSPS) is 10.2. The molecule has 98 valence electrons. The van der Waals surface area contributed by atoms with Crippen molar-refractivity contribution in [1.29, 1.82) is 0 Å². The van der Waals surface area contributed by atoms with Crippen LogP contribution in [0, 0.1) is 6.92 Å². The highest BCUT2D eigenvalue weighted by Crippen LogP contribution is 2.20. The number of carbonyl (C=O) groups excluding carboxylic acids is 1. The number of aryl methyl sites for hydroxylation is 1. The van der Waals surface area contributed by atoms with Crippen LogP contribution >= 0.6 is 23.4 Å². The zero-order valence-corrected chi connectivity index (χ0v) is 12.0. The maximum atomic E-state index is 11.8. The first-order valence-corrected chi connectivity index (χ1v) is 7.11. The van der Waals surface area contributed by atoms with Gasteiger partial charge in [-0.3, -0.25) is 4.79 Å². The predicted octanol–water partition coefficient (Wildman–Crippen LogP) is 3.77. The molecular formula is C14H13ClN2OS. The molecule has 19 heavy (non-hydrogen) atoms. The second kappa shape index (κ2) is 6.59. The fourth-order valence-electron chi connectivity index (χ4n) is 1.45. The van der Waals surface area contributed by atoms with Gasteiger partial charge in [-0.1, -0.05) is 29.3 Å². The van der Waals surface area contributed by atoms with Gasteiger partial charge in [0.15, 0.2) is 5.15 Å². The number of hydrogen-bond donors (Lipinski definition) is 1. The number of nitrogens with one attached hydrogen (secondary N) is 1. The van der Waals surface area contributed by atoms with Crippen molar-refractivity contribution in [3.8, 4) is 0 Å². The summed E-state index contributed by atoms with van der Waals surface area (Å²) in [6.07, 6.45) is 1.58. The standard InChI is InChI=1S/C14H13ClN2OS/c1-10-4-6-11(7-5-10)19-9-13(18)17-12-3-2-8-16-14(12)15/h2-8H,9H2,1H3,(H,17,18). The number of carbonyl (C=O) groups is 1. The molecule has 0 aliphatic heterocycles. The van der Waals surface area contributed by atoms with Crippen LogP contribution in [0.15, 0.2) is 47.5 Å². The molecule has 2 rings (SSSR count). The lowest BCUT2D eigenvalue weighted by Crippen LogP contribution is -2.14. The Morgan fingerprint density at radius 3 is 2.74 bits per heavy atom. The number of anilines is 1.